The lowest BCUT2D eigenvalue weighted by Gasteiger charge is -2.12. The molecule has 0 radical (unpaired) electrons. The van der Waals surface area contributed by atoms with Crippen molar-refractivity contribution in [1.29, 1.82) is 0 Å². The number of carbonyl (C=O) groups is 2. The zero-order chi connectivity index (χ0) is 17.7. The van der Waals surface area contributed by atoms with Gasteiger partial charge in [-0.05, 0) is 38.5 Å². The molecule has 2 rings (SSSR count). The summed E-state index contributed by atoms with van der Waals surface area (Å²) in [6, 6.07) is 5.47. The molecule has 0 bridgehead atoms. The van der Waals surface area contributed by atoms with Gasteiger partial charge < -0.3 is 15.2 Å². The number of hydrogen-bond acceptors (Lipinski definition) is 6. The van der Waals surface area contributed by atoms with Crippen molar-refractivity contribution in [3.8, 4) is 5.69 Å². The van der Waals surface area contributed by atoms with Crippen LogP contribution in [-0.2, 0) is 20.7 Å². The van der Waals surface area contributed by atoms with Crippen molar-refractivity contribution in [2.45, 2.75) is 27.2 Å². The number of aromatic nitrogens is 2. The Labute approximate surface area is 140 Å². The average Bonchev–Trinajstić information content (AvgIpc) is 2.93. The Bertz CT molecular complexity index is 752. The molecule has 0 saturated carbocycles. The fraction of sp³-hybridized carbons (Fsp3) is 0.353. The number of nitrogens with zero attached hydrogens (tertiary/aromatic N) is 2. The van der Waals surface area contributed by atoms with E-state index in [1.165, 1.54) is 10.9 Å². The predicted molar refractivity (Wildman–Crippen MR) is 89.0 cm³/mol. The van der Waals surface area contributed by atoms with Gasteiger partial charge in [-0.15, -0.1) is 0 Å². The van der Waals surface area contributed by atoms with E-state index in [9.17, 15) is 9.59 Å². The van der Waals surface area contributed by atoms with Gasteiger partial charge >= 0.3 is 11.9 Å². The number of anilines is 1. The van der Waals surface area contributed by atoms with Crippen molar-refractivity contribution in [1.82, 2.24) is 9.78 Å². The van der Waals surface area contributed by atoms with Crippen molar-refractivity contribution >= 4 is 17.6 Å². The lowest BCUT2D eigenvalue weighted by molar-refractivity contribution is -0.142. The van der Waals surface area contributed by atoms with E-state index in [0.717, 1.165) is 5.56 Å². The first-order valence-corrected chi connectivity index (χ1v) is 7.74. The Morgan fingerprint density at radius 1 is 1.21 bits per heavy atom. The lowest BCUT2D eigenvalue weighted by Crippen LogP contribution is -2.16. The lowest BCUT2D eigenvalue weighted by atomic mass is 10.1. The number of nitrogen functional groups attached to an aromatic ring is 1. The number of rotatable bonds is 6. The Morgan fingerprint density at radius 3 is 2.58 bits per heavy atom. The van der Waals surface area contributed by atoms with Crippen molar-refractivity contribution in [3.05, 3.63) is 41.2 Å². The molecule has 2 aromatic rings. The van der Waals surface area contributed by atoms with Crippen LogP contribution in [0.15, 0.2) is 24.4 Å². The van der Waals surface area contributed by atoms with Gasteiger partial charge in [-0.2, -0.15) is 5.10 Å². The summed E-state index contributed by atoms with van der Waals surface area (Å²) in [5.74, 6) is -0.981. The number of aryl methyl sites for hydroxylation is 1. The van der Waals surface area contributed by atoms with Gasteiger partial charge in [0.2, 0.25) is 0 Å². The third kappa shape index (κ3) is 3.73. The number of ether oxygens (including phenoxy) is 2. The van der Waals surface area contributed by atoms with Crippen LogP contribution in [0.4, 0.5) is 5.69 Å². The summed E-state index contributed by atoms with van der Waals surface area (Å²) in [5.41, 5.74) is 8.72. The standard InChI is InChI=1S/C17H21N3O4/c1-4-23-16(21)9-14-12(17(22)24-5-2)10-19-20(14)15-8-11(3)6-7-13(15)18/h6-8,10H,4-5,9,18H2,1-3H3. The van der Waals surface area contributed by atoms with E-state index in [0.29, 0.717) is 17.1 Å². The highest BCUT2D eigenvalue weighted by molar-refractivity contribution is 5.92. The first kappa shape index (κ1) is 17.5. The minimum atomic E-state index is -0.533. The van der Waals surface area contributed by atoms with Crippen LogP contribution in [0.1, 0.15) is 35.5 Å². The molecule has 0 aliphatic heterocycles. The number of carbonyl (C=O) groups excluding carboxylic acids is 2. The smallest absolute Gasteiger partial charge is 0.341 e. The third-order valence-corrected chi connectivity index (χ3v) is 3.40. The van der Waals surface area contributed by atoms with Gasteiger partial charge in [-0.1, -0.05) is 6.07 Å². The molecule has 0 fully saturated rings. The maximum absolute atomic E-state index is 12.1. The Kier molecular flexibility index (Phi) is 5.57. The molecule has 1 heterocycles. The molecule has 1 aromatic carbocycles. The summed E-state index contributed by atoms with van der Waals surface area (Å²) in [7, 11) is 0. The van der Waals surface area contributed by atoms with Crippen molar-refractivity contribution in [2.24, 2.45) is 0 Å². The molecule has 24 heavy (non-hydrogen) atoms. The van der Waals surface area contributed by atoms with Crippen LogP contribution in [0.3, 0.4) is 0 Å². The molecule has 128 valence electrons. The van der Waals surface area contributed by atoms with Gasteiger partial charge in [0.05, 0.1) is 42.9 Å². The van der Waals surface area contributed by atoms with E-state index in [4.69, 9.17) is 15.2 Å². The summed E-state index contributed by atoms with van der Waals surface area (Å²) in [5, 5.41) is 4.23. The molecule has 7 heteroatoms. The maximum Gasteiger partial charge on any atom is 0.341 e. The van der Waals surface area contributed by atoms with E-state index in [-0.39, 0.29) is 25.2 Å². The summed E-state index contributed by atoms with van der Waals surface area (Å²) in [4.78, 5) is 24.1. The van der Waals surface area contributed by atoms with E-state index in [1.807, 2.05) is 19.1 Å². The quantitative estimate of drug-likeness (QED) is 0.643. The van der Waals surface area contributed by atoms with Crippen LogP contribution in [0, 0.1) is 6.92 Å². The van der Waals surface area contributed by atoms with E-state index in [1.54, 1.807) is 19.9 Å². The molecule has 0 atom stereocenters. The zero-order valence-corrected chi connectivity index (χ0v) is 14.0. The van der Waals surface area contributed by atoms with Crippen LogP contribution in [0.2, 0.25) is 0 Å². The fourth-order valence-corrected chi connectivity index (χ4v) is 2.32. The molecule has 0 unspecified atom stereocenters. The van der Waals surface area contributed by atoms with Gasteiger partial charge in [0.25, 0.3) is 0 Å². The highest BCUT2D eigenvalue weighted by atomic mass is 16.5. The topological polar surface area (TPSA) is 96.4 Å². The molecule has 0 spiro atoms. The van der Waals surface area contributed by atoms with Gasteiger partial charge in [-0.25, -0.2) is 9.48 Å². The molecule has 1 aromatic heterocycles. The van der Waals surface area contributed by atoms with Crippen LogP contribution >= 0.6 is 0 Å². The van der Waals surface area contributed by atoms with Crippen molar-refractivity contribution < 1.29 is 19.1 Å². The van der Waals surface area contributed by atoms with E-state index in [2.05, 4.69) is 5.10 Å². The van der Waals surface area contributed by atoms with Crippen molar-refractivity contribution in [3.63, 3.8) is 0 Å². The fourth-order valence-electron chi connectivity index (χ4n) is 2.32. The molecule has 0 amide bonds. The Morgan fingerprint density at radius 2 is 1.92 bits per heavy atom. The van der Waals surface area contributed by atoms with Crippen LogP contribution < -0.4 is 5.73 Å². The minimum Gasteiger partial charge on any atom is -0.466 e. The number of esters is 2. The van der Waals surface area contributed by atoms with Crippen LogP contribution in [0.25, 0.3) is 5.69 Å². The van der Waals surface area contributed by atoms with E-state index < -0.39 is 11.9 Å². The zero-order valence-electron chi connectivity index (χ0n) is 14.0. The molecule has 0 aliphatic carbocycles. The van der Waals surface area contributed by atoms with Crippen LogP contribution in [-0.4, -0.2) is 34.9 Å². The summed E-state index contributed by atoms with van der Waals surface area (Å²) >= 11 is 0. The SMILES string of the molecule is CCOC(=O)Cc1c(C(=O)OCC)cnn1-c1cc(C)ccc1N. The molecule has 2 N–H and O–H groups in total. The number of nitrogens with two attached hydrogens (primary N) is 1. The predicted octanol–water partition coefficient (Wildman–Crippen LogP) is 2.05. The first-order valence-electron chi connectivity index (χ1n) is 7.74. The minimum absolute atomic E-state index is 0.102. The van der Waals surface area contributed by atoms with Gasteiger partial charge in [0.15, 0.2) is 0 Å². The highest BCUT2D eigenvalue weighted by Crippen LogP contribution is 2.23. The second-order valence-electron chi connectivity index (χ2n) is 5.18. The second kappa shape index (κ2) is 7.63. The number of benzene rings is 1. The molecular formula is C17H21N3O4. The maximum atomic E-state index is 12.1. The van der Waals surface area contributed by atoms with Gasteiger partial charge in [0.1, 0.15) is 5.56 Å². The van der Waals surface area contributed by atoms with E-state index >= 15 is 0 Å². The van der Waals surface area contributed by atoms with Crippen molar-refractivity contribution in [2.75, 3.05) is 18.9 Å². The Balaban J connectivity index is 2.52. The first-order chi connectivity index (χ1) is 11.5. The van der Waals surface area contributed by atoms with Gasteiger partial charge in [-0.3, -0.25) is 4.79 Å². The largest absolute Gasteiger partial charge is 0.466 e. The Hall–Kier alpha value is -2.83. The van der Waals surface area contributed by atoms with Gasteiger partial charge in [0, 0.05) is 0 Å². The second-order valence-corrected chi connectivity index (χ2v) is 5.18. The summed E-state index contributed by atoms with van der Waals surface area (Å²) in [6.45, 7) is 5.85. The molecule has 0 saturated heterocycles. The normalized spacial score (nSPS) is 10.5. The number of hydrogen-bond donors (Lipinski definition) is 1. The average molecular weight is 331 g/mol. The van der Waals surface area contributed by atoms with Crippen LogP contribution in [0.5, 0.6) is 0 Å². The molecular weight excluding hydrogens is 310 g/mol. The summed E-state index contributed by atoms with van der Waals surface area (Å²) < 4.78 is 11.5. The molecule has 7 nitrogen and oxygen atoms in total. The molecule has 0 aliphatic rings. The highest BCUT2D eigenvalue weighted by Gasteiger charge is 2.23. The monoisotopic (exact) mass is 331 g/mol. The summed E-state index contributed by atoms with van der Waals surface area (Å²) in [6.07, 6.45) is 1.28. The third-order valence-electron chi connectivity index (χ3n) is 3.40.